The van der Waals surface area contributed by atoms with E-state index in [0.717, 1.165) is 31.6 Å². The van der Waals surface area contributed by atoms with Crippen molar-refractivity contribution in [3.05, 3.63) is 0 Å². The van der Waals surface area contributed by atoms with Crippen LogP contribution >= 0.6 is 0 Å². The van der Waals surface area contributed by atoms with Gasteiger partial charge in [0.25, 0.3) is 0 Å². The van der Waals surface area contributed by atoms with E-state index in [4.69, 9.17) is 9.84 Å². The van der Waals surface area contributed by atoms with Gasteiger partial charge in [0.1, 0.15) is 6.54 Å². The number of aliphatic carboxylic acids is 1. The fourth-order valence-electron chi connectivity index (χ4n) is 2.71. The van der Waals surface area contributed by atoms with E-state index < -0.39 is 5.97 Å². The summed E-state index contributed by atoms with van der Waals surface area (Å²) >= 11 is 0. The first-order valence-electron chi connectivity index (χ1n) is 7.08. The number of carbonyl (C=O) groups is 2. The van der Waals surface area contributed by atoms with E-state index in [1.54, 1.807) is 7.11 Å². The van der Waals surface area contributed by atoms with E-state index >= 15 is 0 Å². The van der Waals surface area contributed by atoms with Crippen molar-refractivity contribution in [2.75, 3.05) is 26.8 Å². The Morgan fingerprint density at radius 3 is 2.37 bits per heavy atom. The molecule has 0 aromatic heterocycles. The lowest BCUT2D eigenvalue weighted by atomic mass is 9.80. The molecule has 0 bridgehead atoms. The van der Waals surface area contributed by atoms with Crippen molar-refractivity contribution in [2.45, 2.75) is 39.0 Å². The molecule has 0 atom stereocenters. The Labute approximate surface area is 114 Å². The molecule has 5 nitrogen and oxygen atoms in total. The van der Waals surface area contributed by atoms with Gasteiger partial charge in [-0.05, 0) is 31.6 Å². The predicted octanol–water partition coefficient (Wildman–Crippen LogP) is 1.76. The summed E-state index contributed by atoms with van der Waals surface area (Å²) in [5.41, 5.74) is 0. The van der Waals surface area contributed by atoms with Crippen LogP contribution in [0.1, 0.15) is 39.0 Å². The summed E-state index contributed by atoms with van der Waals surface area (Å²) in [7, 11) is 1.55. The maximum absolute atomic E-state index is 12.3. The monoisotopic (exact) mass is 271 g/mol. The number of carboxylic acid groups (broad SMARTS) is 1. The second-order valence-electron chi connectivity index (χ2n) is 5.27. The summed E-state index contributed by atoms with van der Waals surface area (Å²) in [6.07, 6.45) is 5.11. The maximum atomic E-state index is 12.3. The van der Waals surface area contributed by atoms with Crippen molar-refractivity contribution in [1.29, 1.82) is 0 Å². The van der Waals surface area contributed by atoms with Gasteiger partial charge in [0.05, 0.1) is 6.61 Å². The Bertz CT molecular complexity index is 298. The lowest BCUT2D eigenvalue weighted by molar-refractivity contribution is -0.147. The summed E-state index contributed by atoms with van der Waals surface area (Å²) in [4.78, 5) is 24.6. The SMILES string of the molecule is CCC1CCC(C(=O)N(CCOC)CC(=O)O)CC1. The molecule has 0 unspecified atom stereocenters. The fraction of sp³-hybridized carbons (Fsp3) is 0.857. The van der Waals surface area contributed by atoms with E-state index in [0.29, 0.717) is 13.2 Å². The van der Waals surface area contributed by atoms with Gasteiger partial charge in [-0.3, -0.25) is 9.59 Å². The zero-order chi connectivity index (χ0) is 14.3. The van der Waals surface area contributed by atoms with Crippen LogP contribution in [0.25, 0.3) is 0 Å². The van der Waals surface area contributed by atoms with Crippen molar-refractivity contribution >= 4 is 11.9 Å². The third-order valence-corrected chi connectivity index (χ3v) is 3.98. The van der Waals surface area contributed by atoms with Crippen LogP contribution in [0.3, 0.4) is 0 Å². The van der Waals surface area contributed by atoms with Gasteiger partial charge >= 0.3 is 5.97 Å². The van der Waals surface area contributed by atoms with Crippen LogP contribution in [-0.4, -0.2) is 48.7 Å². The number of ether oxygens (including phenoxy) is 1. The summed E-state index contributed by atoms with van der Waals surface area (Å²) < 4.78 is 4.94. The average molecular weight is 271 g/mol. The number of methoxy groups -OCH3 is 1. The Balaban J connectivity index is 2.53. The van der Waals surface area contributed by atoms with E-state index in [1.165, 1.54) is 11.3 Å². The summed E-state index contributed by atoms with van der Waals surface area (Å²) in [5, 5.41) is 8.88. The molecule has 0 aromatic carbocycles. The number of carbonyl (C=O) groups excluding carboxylic acids is 1. The molecule has 1 aliphatic carbocycles. The van der Waals surface area contributed by atoms with Crippen LogP contribution in [-0.2, 0) is 14.3 Å². The Morgan fingerprint density at radius 2 is 1.89 bits per heavy atom. The van der Waals surface area contributed by atoms with E-state index in [2.05, 4.69) is 6.92 Å². The average Bonchev–Trinajstić information content (AvgIpc) is 2.42. The number of rotatable bonds is 7. The summed E-state index contributed by atoms with van der Waals surface area (Å²) in [5.74, 6) is -0.254. The largest absolute Gasteiger partial charge is 0.480 e. The van der Waals surface area contributed by atoms with Gasteiger partial charge in [0.2, 0.25) is 5.91 Å². The first kappa shape index (κ1) is 16.0. The molecule has 0 spiro atoms. The van der Waals surface area contributed by atoms with Gasteiger partial charge < -0.3 is 14.7 Å². The molecule has 0 heterocycles. The second kappa shape index (κ2) is 8.15. The Morgan fingerprint density at radius 1 is 1.26 bits per heavy atom. The second-order valence-corrected chi connectivity index (χ2v) is 5.27. The zero-order valence-electron chi connectivity index (χ0n) is 11.9. The van der Waals surface area contributed by atoms with Crippen LogP contribution in [0.2, 0.25) is 0 Å². The van der Waals surface area contributed by atoms with Crippen LogP contribution in [0.5, 0.6) is 0 Å². The van der Waals surface area contributed by atoms with E-state index in [-0.39, 0.29) is 18.4 Å². The molecule has 1 amide bonds. The standard InChI is InChI=1S/C14H25NO4/c1-3-11-4-6-12(7-5-11)14(18)15(8-9-19-2)10-13(16)17/h11-12H,3-10H2,1-2H3,(H,16,17). The normalized spacial score (nSPS) is 23.1. The minimum atomic E-state index is -0.966. The number of hydrogen-bond donors (Lipinski definition) is 1. The molecule has 1 rings (SSSR count). The maximum Gasteiger partial charge on any atom is 0.323 e. The predicted molar refractivity (Wildman–Crippen MR) is 71.8 cm³/mol. The van der Waals surface area contributed by atoms with E-state index in [1.807, 2.05) is 0 Å². The number of nitrogens with zero attached hydrogens (tertiary/aromatic N) is 1. The first-order chi connectivity index (χ1) is 9.08. The highest BCUT2D eigenvalue weighted by Gasteiger charge is 2.29. The molecule has 0 aromatic rings. The van der Waals surface area contributed by atoms with E-state index in [9.17, 15) is 9.59 Å². The molecular weight excluding hydrogens is 246 g/mol. The molecule has 0 radical (unpaired) electrons. The van der Waals surface area contributed by atoms with Crippen molar-refractivity contribution in [3.8, 4) is 0 Å². The minimum Gasteiger partial charge on any atom is -0.480 e. The van der Waals surface area contributed by atoms with Gasteiger partial charge in [0, 0.05) is 19.6 Å². The third kappa shape index (κ3) is 5.19. The van der Waals surface area contributed by atoms with Crippen LogP contribution < -0.4 is 0 Å². The topological polar surface area (TPSA) is 66.8 Å². The lowest BCUT2D eigenvalue weighted by Crippen LogP contribution is -2.42. The molecule has 19 heavy (non-hydrogen) atoms. The zero-order valence-corrected chi connectivity index (χ0v) is 11.9. The molecule has 1 fully saturated rings. The van der Waals surface area contributed by atoms with Crippen LogP contribution in [0.15, 0.2) is 0 Å². The highest BCUT2D eigenvalue weighted by atomic mass is 16.5. The van der Waals surface area contributed by atoms with Crippen molar-refractivity contribution in [2.24, 2.45) is 11.8 Å². The molecule has 1 saturated carbocycles. The van der Waals surface area contributed by atoms with Gasteiger partial charge in [-0.2, -0.15) is 0 Å². The molecule has 5 heteroatoms. The molecule has 110 valence electrons. The molecular formula is C14H25NO4. The van der Waals surface area contributed by atoms with Gasteiger partial charge in [-0.1, -0.05) is 13.3 Å². The number of hydrogen-bond acceptors (Lipinski definition) is 3. The quantitative estimate of drug-likeness (QED) is 0.766. The van der Waals surface area contributed by atoms with Crippen LogP contribution in [0.4, 0.5) is 0 Å². The number of carboxylic acids is 1. The lowest BCUT2D eigenvalue weighted by Gasteiger charge is -2.31. The number of amides is 1. The highest BCUT2D eigenvalue weighted by molar-refractivity contribution is 5.83. The fourth-order valence-corrected chi connectivity index (χ4v) is 2.71. The smallest absolute Gasteiger partial charge is 0.323 e. The van der Waals surface area contributed by atoms with Gasteiger partial charge in [0.15, 0.2) is 0 Å². The first-order valence-corrected chi connectivity index (χ1v) is 7.08. The minimum absolute atomic E-state index is 0.000920. The van der Waals surface area contributed by atoms with Gasteiger partial charge in [-0.25, -0.2) is 0 Å². The third-order valence-electron chi connectivity index (χ3n) is 3.98. The Kier molecular flexibility index (Phi) is 6.84. The molecule has 1 N–H and O–H groups in total. The summed E-state index contributed by atoms with van der Waals surface area (Å²) in [6.45, 7) is 2.69. The molecule has 0 saturated heterocycles. The van der Waals surface area contributed by atoms with Crippen molar-refractivity contribution in [1.82, 2.24) is 4.90 Å². The van der Waals surface area contributed by atoms with Crippen molar-refractivity contribution < 1.29 is 19.4 Å². The highest BCUT2D eigenvalue weighted by Crippen LogP contribution is 2.31. The summed E-state index contributed by atoms with van der Waals surface area (Å²) in [6, 6.07) is 0. The molecule has 1 aliphatic rings. The molecule has 0 aliphatic heterocycles. The Hall–Kier alpha value is -1.10. The van der Waals surface area contributed by atoms with Gasteiger partial charge in [-0.15, -0.1) is 0 Å². The van der Waals surface area contributed by atoms with Crippen molar-refractivity contribution in [3.63, 3.8) is 0 Å². The van der Waals surface area contributed by atoms with Crippen LogP contribution in [0, 0.1) is 11.8 Å².